The van der Waals surface area contributed by atoms with E-state index in [-0.39, 0.29) is 30.4 Å². The van der Waals surface area contributed by atoms with E-state index in [0.29, 0.717) is 6.04 Å². The molecule has 1 aliphatic rings. The first-order valence-electron chi connectivity index (χ1n) is 7.68. The molecule has 1 aliphatic carbocycles. The van der Waals surface area contributed by atoms with E-state index in [2.05, 4.69) is 96.0 Å². The van der Waals surface area contributed by atoms with E-state index >= 15 is 0 Å². The molecule has 125 valence electrons. The Morgan fingerprint density at radius 2 is 1.65 bits per heavy atom. The number of halogens is 2. The Hall–Kier alpha value is -0.0457. The zero-order valence-electron chi connectivity index (χ0n) is 14.9. The molecular formula is C19H26Cl2NTi. The normalized spacial score (nSPS) is 16.0. The number of hydrogen-bond acceptors (Lipinski definition) is 1. The fourth-order valence-electron chi connectivity index (χ4n) is 3.09. The third-order valence-electron chi connectivity index (χ3n) is 4.24. The first-order valence-corrected chi connectivity index (χ1v) is 8.38. The molecule has 0 N–H and O–H groups in total. The van der Waals surface area contributed by atoms with Crippen LogP contribution in [0.2, 0.25) is 0 Å². The molecule has 23 heavy (non-hydrogen) atoms. The first kappa shape index (κ1) is 23.0. The average molecular weight is 387 g/mol. The molecule has 1 aromatic carbocycles. The monoisotopic (exact) mass is 386 g/mol. The molecule has 1 nitrogen and oxygen atoms in total. The van der Waals surface area contributed by atoms with Gasteiger partial charge in [0.25, 0.3) is 0 Å². The topological polar surface area (TPSA) is 3.24 Å². The van der Waals surface area contributed by atoms with Crippen LogP contribution in [0.3, 0.4) is 0 Å². The van der Waals surface area contributed by atoms with Gasteiger partial charge in [-0.25, -0.2) is 0 Å². The van der Waals surface area contributed by atoms with Gasteiger partial charge in [0.05, 0.1) is 0 Å². The summed E-state index contributed by atoms with van der Waals surface area (Å²) in [5.74, 6) is 0. The molecule has 0 radical (unpaired) electrons. The van der Waals surface area contributed by atoms with Gasteiger partial charge < -0.3 is 24.8 Å². The Morgan fingerprint density at radius 1 is 1.09 bits per heavy atom. The standard InChI is InChI=1S/C19H26N.2ClH.Ti/c1-13-11-14(2)18(12-13)17-10-8-7-9-16(17)15(3)20-19(4,5)6;;;/h7-11,15H,12H2,1-6H3;2*1H;/q-1;;;+3/p-2. The minimum atomic E-state index is 0. The maximum Gasteiger partial charge on any atom is -1.00 e. The van der Waals surface area contributed by atoms with E-state index in [1.165, 1.54) is 27.8 Å². The van der Waals surface area contributed by atoms with Crippen molar-refractivity contribution in [3.63, 3.8) is 0 Å². The van der Waals surface area contributed by atoms with Gasteiger partial charge >= 0.3 is 142 Å². The van der Waals surface area contributed by atoms with Gasteiger partial charge in [-0.2, -0.15) is 0 Å². The number of hydrogen-bond donors (Lipinski definition) is 0. The SMILES string of the molecule is CC1=CC(C)=C(c2ccccc2C(C)[N]([Ti+2])C(C)(C)C)C1.[Cl-].[Cl-]. The van der Waals surface area contributed by atoms with Crippen molar-refractivity contribution in [3.8, 4) is 0 Å². The van der Waals surface area contributed by atoms with E-state index in [9.17, 15) is 0 Å². The maximum absolute atomic E-state index is 2.46. The molecule has 1 aromatic rings. The van der Waals surface area contributed by atoms with Crippen LogP contribution in [0.25, 0.3) is 5.57 Å². The number of nitrogens with zero attached hydrogens (tertiary/aromatic N) is 1. The second-order valence-corrected chi connectivity index (χ2v) is 7.89. The third-order valence-corrected chi connectivity index (χ3v) is 5.89. The van der Waals surface area contributed by atoms with Gasteiger partial charge in [-0.3, -0.25) is 0 Å². The van der Waals surface area contributed by atoms with E-state index < -0.39 is 0 Å². The smallest absolute Gasteiger partial charge is 1.00 e. The Labute approximate surface area is 166 Å². The van der Waals surface area contributed by atoms with Gasteiger partial charge in [0.1, 0.15) is 0 Å². The van der Waals surface area contributed by atoms with Crippen LogP contribution in [0.5, 0.6) is 0 Å². The second kappa shape index (κ2) is 8.88. The molecule has 1 unspecified atom stereocenters. The minimum Gasteiger partial charge on any atom is -1.00 e. The summed E-state index contributed by atoms with van der Waals surface area (Å²) in [7, 11) is 0. The van der Waals surface area contributed by atoms with Crippen LogP contribution in [0.1, 0.15) is 65.1 Å². The van der Waals surface area contributed by atoms with E-state index in [1.807, 2.05) is 0 Å². The van der Waals surface area contributed by atoms with Crippen molar-refractivity contribution in [1.29, 1.82) is 0 Å². The molecule has 0 spiro atoms. The van der Waals surface area contributed by atoms with E-state index in [4.69, 9.17) is 0 Å². The molecule has 4 heteroatoms. The first-order chi connectivity index (χ1) is 9.71. The molecule has 0 saturated carbocycles. The van der Waals surface area contributed by atoms with Gasteiger partial charge in [0, 0.05) is 0 Å². The molecule has 0 aromatic heterocycles. The number of benzene rings is 1. The zero-order chi connectivity index (χ0) is 15.8. The van der Waals surface area contributed by atoms with Crippen molar-refractivity contribution in [2.24, 2.45) is 0 Å². The quantitative estimate of drug-likeness (QED) is 0.629. The molecule has 1 atom stereocenters. The Bertz CT molecular complexity index is 600. The molecule has 0 bridgehead atoms. The minimum absolute atomic E-state index is 0. The van der Waals surface area contributed by atoms with Gasteiger partial charge in [0.2, 0.25) is 0 Å². The van der Waals surface area contributed by atoms with Crippen LogP contribution >= 0.6 is 0 Å². The van der Waals surface area contributed by atoms with Crippen LogP contribution < -0.4 is 24.8 Å². The van der Waals surface area contributed by atoms with Crippen molar-refractivity contribution < 1.29 is 45.5 Å². The third kappa shape index (κ3) is 5.21. The van der Waals surface area contributed by atoms with Crippen molar-refractivity contribution in [3.05, 3.63) is 52.6 Å². The number of allylic oxidation sites excluding steroid dienone is 4. The van der Waals surface area contributed by atoms with Crippen LogP contribution in [-0.4, -0.2) is 8.92 Å². The van der Waals surface area contributed by atoms with Crippen molar-refractivity contribution in [2.45, 2.75) is 59.5 Å². The van der Waals surface area contributed by atoms with Crippen molar-refractivity contribution in [2.75, 3.05) is 0 Å². The molecule has 0 heterocycles. The molecular weight excluding hydrogens is 361 g/mol. The van der Waals surface area contributed by atoms with Crippen LogP contribution in [0, 0.1) is 0 Å². The molecule has 2 rings (SSSR count). The predicted octanol–water partition coefficient (Wildman–Crippen LogP) is -0.559. The summed E-state index contributed by atoms with van der Waals surface area (Å²) in [5, 5.41) is 0. The number of rotatable bonds is 3. The summed E-state index contributed by atoms with van der Waals surface area (Å²) in [4.78, 5) is 0. The molecule has 0 aliphatic heterocycles. The Balaban J connectivity index is 0.00000242. The Kier molecular flexibility index (Phi) is 8.86. The van der Waals surface area contributed by atoms with Crippen molar-refractivity contribution >= 4 is 5.57 Å². The predicted molar refractivity (Wildman–Crippen MR) is 87.4 cm³/mol. The summed E-state index contributed by atoms with van der Waals surface area (Å²) >= 11 is 2.22. The van der Waals surface area contributed by atoms with Crippen LogP contribution in [0.4, 0.5) is 0 Å². The fraction of sp³-hybridized carbons (Fsp3) is 0.474. The summed E-state index contributed by atoms with van der Waals surface area (Å²) in [6.45, 7) is 13.6. The molecule has 0 fully saturated rings. The summed E-state index contributed by atoms with van der Waals surface area (Å²) < 4.78 is 2.46. The largest absolute Gasteiger partial charge is 1.00 e. The van der Waals surface area contributed by atoms with E-state index in [1.54, 1.807) is 0 Å². The van der Waals surface area contributed by atoms with Crippen molar-refractivity contribution in [1.82, 2.24) is 3.38 Å². The van der Waals surface area contributed by atoms with Gasteiger partial charge in [0.15, 0.2) is 0 Å². The van der Waals surface area contributed by atoms with Gasteiger partial charge in [-0.1, -0.05) is 0 Å². The maximum atomic E-state index is 2.46. The average Bonchev–Trinajstić information content (AvgIpc) is 2.75. The molecule has 0 saturated heterocycles. The summed E-state index contributed by atoms with van der Waals surface area (Å²) in [6, 6.07) is 9.31. The summed E-state index contributed by atoms with van der Waals surface area (Å²) in [6.07, 6.45) is 3.42. The second-order valence-electron chi connectivity index (χ2n) is 7.13. The van der Waals surface area contributed by atoms with Crippen LogP contribution in [-0.2, 0) is 20.7 Å². The summed E-state index contributed by atoms with van der Waals surface area (Å²) in [5.41, 5.74) is 7.41. The zero-order valence-corrected chi connectivity index (χ0v) is 17.9. The Morgan fingerprint density at radius 3 is 2.13 bits per heavy atom. The van der Waals surface area contributed by atoms with Crippen LogP contribution in [0.15, 0.2) is 41.5 Å². The fourth-order valence-corrected chi connectivity index (χ4v) is 3.31. The van der Waals surface area contributed by atoms with E-state index in [0.717, 1.165) is 6.42 Å². The molecule has 0 amide bonds. The van der Waals surface area contributed by atoms with Gasteiger partial charge in [-0.15, -0.1) is 0 Å². The van der Waals surface area contributed by atoms with Gasteiger partial charge in [-0.05, 0) is 0 Å².